The summed E-state index contributed by atoms with van der Waals surface area (Å²) in [5.41, 5.74) is 0.445. The number of hydrogen-bond donors (Lipinski definition) is 1. The summed E-state index contributed by atoms with van der Waals surface area (Å²) in [7, 11) is 0. The predicted molar refractivity (Wildman–Crippen MR) is 75.3 cm³/mol. The Morgan fingerprint density at radius 1 is 1.28 bits per heavy atom. The van der Waals surface area contributed by atoms with Gasteiger partial charge in [0.15, 0.2) is 0 Å². The van der Waals surface area contributed by atoms with Gasteiger partial charge in [0.05, 0.1) is 5.56 Å². The van der Waals surface area contributed by atoms with Crippen LogP contribution < -0.4 is 0 Å². The number of rotatable bonds is 4. The van der Waals surface area contributed by atoms with E-state index in [4.69, 9.17) is 5.11 Å². The Morgan fingerprint density at radius 2 is 1.94 bits per heavy atom. The molecule has 0 aromatic heterocycles. The molecule has 1 aromatic carbocycles. The third-order valence-corrected chi connectivity index (χ3v) is 5.20. The summed E-state index contributed by atoms with van der Waals surface area (Å²) in [6.45, 7) is 2.26. The quantitative estimate of drug-likeness (QED) is 0.873. The second-order valence-corrected chi connectivity index (χ2v) is 6.31. The van der Waals surface area contributed by atoms with Crippen LogP contribution in [0.5, 0.6) is 0 Å². The van der Waals surface area contributed by atoms with E-state index in [1.165, 1.54) is 32.1 Å². The van der Waals surface area contributed by atoms with Crippen LogP contribution in [0.25, 0.3) is 0 Å². The molecule has 18 heavy (non-hydrogen) atoms. The summed E-state index contributed by atoms with van der Waals surface area (Å²) in [6.07, 6.45) is 6.31. The van der Waals surface area contributed by atoms with Crippen molar-refractivity contribution in [2.75, 3.05) is 0 Å². The number of aromatic carboxylic acids is 1. The molecule has 1 aromatic rings. The van der Waals surface area contributed by atoms with Crippen LogP contribution in [0.1, 0.15) is 49.4 Å². The lowest BCUT2D eigenvalue weighted by Gasteiger charge is -2.27. The summed E-state index contributed by atoms with van der Waals surface area (Å²) in [5, 5.41) is 9.75. The largest absolute Gasteiger partial charge is 0.478 e. The first-order chi connectivity index (χ1) is 8.70. The minimum absolute atomic E-state index is 0.445. The maximum atomic E-state index is 11.1. The molecule has 2 nitrogen and oxygen atoms in total. The van der Waals surface area contributed by atoms with Gasteiger partial charge in [-0.25, -0.2) is 4.79 Å². The number of carboxylic acids is 1. The van der Waals surface area contributed by atoms with E-state index in [9.17, 15) is 4.79 Å². The highest BCUT2D eigenvalue weighted by atomic mass is 32.2. The van der Waals surface area contributed by atoms with Crippen LogP contribution in [0, 0.1) is 5.92 Å². The number of benzene rings is 1. The van der Waals surface area contributed by atoms with E-state index < -0.39 is 5.97 Å². The van der Waals surface area contributed by atoms with Crippen molar-refractivity contribution in [3.8, 4) is 0 Å². The highest BCUT2D eigenvalue weighted by Gasteiger charge is 2.22. The van der Waals surface area contributed by atoms with E-state index in [0.29, 0.717) is 10.8 Å². The molecule has 0 amide bonds. The van der Waals surface area contributed by atoms with Crippen LogP contribution in [-0.4, -0.2) is 16.3 Å². The summed E-state index contributed by atoms with van der Waals surface area (Å²) in [5.74, 6) is 0.0666. The summed E-state index contributed by atoms with van der Waals surface area (Å²) >= 11 is 1.75. The molecule has 3 heteroatoms. The van der Waals surface area contributed by atoms with E-state index in [-0.39, 0.29) is 0 Å². The molecule has 0 unspecified atom stereocenters. The standard InChI is InChI=1S/C15H20O2S/c1-2-11-7-9-12(10-8-11)18-14-6-4-3-5-13(14)15(16)17/h3-6,11-12H,2,7-10H2,1H3,(H,16,17). The van der Waals surface area contributed by atoms with Gasteiger partial charge in [0.25, 0.3) is 0 Å². The van der Waals surface area contributed by atoms with Gasteiger partial charge in [-0.2, -0.15) is 0 Å². The lowest BCUT2D eigenvalue weighted by molar-refractivity contribution is 0.0693. The topological polar surface area (TPSA) is 37.3 Å². The molecule has 1 fully saturated rings. The Balaban J connectivity index is 2.00. The molecule has 0 aliphatic heterocycles. The van der Waals surface area contributed by atoms with Gasteiger partial charge in [0, 0.05) is 10.1 Å². The smallest absolute Gasteiger partial charge is 0.336 e. The van der Waals surface area contributed by atoms with Gasteiger partial charge in [0.1, 0.15) is 0 Å². The number of carbonyl (C=O) groups is 1. The first-order valence-electron chi connectivity index (χ1n) is 6.69. The zero-order chi connectivity index (χ0) is 13.0. The van der Waals surface area contributed by atoms with E-state index in [1.807, 2.05) is 12.1 Å². The molecule has 1 saturated carbocycles. The number of hydrogen-bond acceptors (Lipinski definition) is 2. The first-order valence-corrected chi connectivity index (χ1v) is 7.57. The van der Waals surface area contributed by atoms with E-state index in [1.54, 1.807) is 23.9 Å². The van der Waals surface area contributed by atoms with E-state index >= 15 is 0 Å². The van der Waals surface area contributed by atoms with Crippen LogP contribution in [0.15, 0.2) is 29.2 Å². The second kappa shape index (κ2) is 6.28. The van der Waals surface area contributed by atoms with Gasteiger partial charge >= 0.3 is 5.97 Å². The molecule has 0 spiro atoms. The van der Waals surface area contributed by atoms with Gasteiger partial charge in [-0.3, -0.25) is 0 Å². The highest BCUT2D eigenvalue weighted by Crippen LogP contribution is 2.37. The summed E-state index contributed by atoms with van der Waals surface area (Å²) in [6, 6.07) is 7.34. The molecule has 0 bridgehead atoms. The molecular weight excluding hydrogens is 244 g/mol. The molecule has 0 atom stereocenters. The van der Waals surface area contributed by atoms with Crippen molar-refractivity contribution in [1.29, 1.82) is 0 Å². The normalized spacial score (nSPS) is 23.8. The van der Waals surface area contributed by atoms with Crippen LogP contribution in [0.2, 0.25) is 0 Å². The molecule has 2 rings (SSSR count). The molecule has 1 aliphatic carbocycles. The molecule has 98 valence electrons. The zero-order valence-corrected chi connectivity index (χ0v) is 11.6. The van der Waals surface area contributed by atoms with Crippen LogP contribution >= 0.6 is 11.8 Å². The third-order valence-electron chi connectivity index (χ3n) is 3.78. The Labute approximate surface area is 113 Å². The third kappa shape index (κ3) is 3.29. The summed E-state index contributed by atoms with van der Waals surface area (Å²) < 4.78 is 0. The minimum atomic E-state index is -0.819. The van der Waals surface area contributed by atoms with Gasteiger partial charge < -0.3 is 5.11 Å². The van der Waals surface area contributed by atoms with E-state index in [2.05, 4.69) is 6.92 Å². The van der Waals surface area contributed by atoms with Gasteiger partial charge in [-0.05, 0) is 43.7 Å². The SMILES string of the molecule is CCC1CCC(Sc2ccccc2C(=O)O)CC1. The molecule has 1 N–H and O–H groups in total. The van der Waals surface area contributed by atoms with Crippen molar-refractivity contribution >= 4 is 17.7 Å². The van der Waals surface area contributed by atoms with Crippen LogP contribution in [0.3, 0.4) is 0 Å². The van der Waals surface area contributed by atoms with Crippen molar-refractivity contribution in [3.63, 3.8) is 0 Å². The maximum absolute atomic E-state index is 11.1. The van der Waals surface area contributed by atoms with Crippen LogP contribution in [0.4, 0.5) is 0 Å². The average molecular weight is 264 g/mol. The van der Waals surface area contributed by atoms with E-state index in [0.717, 1.165) is 10.8 Å². The fraction of sp³-hybridized carbons (Fsp3) is 0.533. The van der Waals surface area contributed by atoms with Crippen LogP contribution in [-0.2, 0) is 0 Å². The van der Waals surface area contributed by atoms with Crippen molar-refractivity contribution < 1.29 is 9.90 Å². The molecule has 0 radical (unpaired) electrons. The Bertz CT molecular complexity index is 409. The predicted octanol–water partition coefficient (Wildman–Crippen LogP) is 4.45. The number of thioether (sulfide) groups is 1. The lowest BCUT2D eigenvalue weighted by atomic mass is 9.87. The minimum Gasteiger partial charge on any atom is -0.478 e. The van der Waals surface area contributed by atoms with Crippen molar-refractivity contribution in [2.45, 2.75) is 49.2 Å². The van der Waals surface area contributed by atoms with Gasteiger partial charge in [0.2, 0.25) is 0 Å². The van der Waals surface area contributed by atoms with Crippen molar-refractivity contribution in [3.05, 3.63) is 29.8 Å². The molecule has 0 heterocycles. The zero-order valence-electron chi connectivity index (χ0n) is 10.8. The maximum Gasteiger partial charge on any atom is 0.336 e. The molecular formula is C15H20O2S. The Kier molecular flexibility index (Phi) is 4.70. The second-order valence-electron chi connectivity index (χ2n) is 4.97. The molecule has 1 aliphatic rings. The highest BCUT2D eigenvalue weighted by molar-refractivity contribution is 8.00. The fourth-order valence-corrected chi connectivity index (χ4v) is 3.89. The fourth-order valence-electron chi connectivity index (χ4n) is 2.58. The average Bonchev–Trinajstić information content (AvgIpc) is 2.40. The van der Waals surface area contributed by atoms with Crippen molar-refractivity contribution in [2.24, 2.45) is 5.92 Å². The lowest BCUT2D eigenvalue weighted by Crippen LogP contribution is -2.16. The summed E-state index contributed by atoms with van der Waals surface area (Å²) in [4.78, 5) is 12.1. The first kappa shape index (κ1) is 13.5. The van der Waals surface area contributed by atoms with Crippen molar-refractivity contribution in [1.82, 2.24) is 0 Å². The van der Waals surface area contributed by atoms with Gasteiger partial charge in [-0.1, -0.05) is 25.5 Å². The monoisotopic (exact) mass is 264 g/mol. The Morgan fingerprint density at radius 3 is 2.56 bits per heavy atom. The number of carboxylic acid groups (broad SMARTS) is 1. The van der Waals surface area contributed by atoms with Gasteiger partial charge in [-0.15, -0.1) is 11.8 Å². The molecule has 0 saturated heterocycles. The Hall–Kier alpha value is -0.960.